The van der Waals surface area contributed by atoms with Crippen molar-refractivity contribution in [1.29, 1.82) is 0 Å². The molecule has 4 nitrogen and oxygen atoms in total. The highest BCUT2D eigenvalue weighted by Crippen LogP contribution is 2.08. The smallest absolute Gasteiger partial charge is 0.104 e. The molecule has 0 aromatic rings. The van der Waals surface area contributed by atoms with Gasteiger partial charge in [-0.2, -0.15) is 0 Å². The Kier molecular flexibility index (Phi) is 11.8. The summed E-state index contributed by atoms with van der Waals surface area (Å²) in [5.41, 5.74) is 0. The maximum absolute atomic E-state index is 8.07. The molecule has 1 fully saturated rings. The fourth-order valence-electron chi connectivity index (χ4n) is 0.834. The number of aliphatic hydroxyl groups excluding tert-OH is 1. The molecular weight excluding hydrogens is 196 g/mol. The maximum Gasteiger partial charge on any atom is 0.104 e. The van der Waals surface area contributed by atoms with Gasteiger partial charge in [-0.3, -0.25) is 0 Å². The normalized spacial score (nSPS) is 18.2. The number of rotatable bonds is 8. The number of hydrogen-bond acceptors (Lipinski definition) is 4. The predicted molar refractivity (Wildman–Crippen MR) is 59.0 cm³/mol. The molecule has 1 rings (SSSR count). The minimum atomic E-state index is 0.133. The minimum Gasteiger partial charge on any atom is -0.394 e. The first-order valence-electron chi connectivity index (χ1n) is 5.73. The molecule has 1 aliphatic heterocycles. The van der Waals surface area contributed by atoms with Crippen LogP contribution >= 0.6 is 0 Å². The van der Waals surface area contributed by atoms with Crippen molar-refractivity contribution in [3.05, 3.63) is 0 Å². The van der Waals surface area contributed by atoms with Crippen molar-refractivity contribution < 1.29 is 19.3 Å². The first-order valence-corrected chi connectivity index (χ1v) is 5.73. The fraction of sp³-hybridized carbons (Fsp3) is 1.00. The molecule has 0 amide bonds. The van der Waals surface area contributed by atoms with Crippen LogP contribution in [0.15, 0.2) is 0 Å². The molecule has 0 aromatic carbocycles. The van der Waals surface area contributed by atoms with Gasteiger partial charge in [-0.1, -0.05) is 13.3 Å². The molecule has 4 heteroatoms. The molecule has 1 unspecified atom stereocenters. The van der Waals surface area contributed by atoms with E-state index in [-0.39, 0.29) is 6.61 Å². The van der Waals surface area contributed by atoms with Crippen LogP contribution in [0.2, 0.25) is 0 Å². The lowest BCUT2D eigenvalue weighted by atomic mass is 10.4. The zero-order valence-corrected chi connectivity index (χ0v) is 9.91. The largest absolute Gasteiger partial charge is 0.394 e. The van der Waals surface area contributed by atoms with Crippen LogP contribution in [0, 0.1) is 0 Å². The minimum absolute atomic E-state index is 0.133. The summed E-state index contributed by atoms with van der Waals surface area (Å²) in [6.45, 7) is 7.97. The lowest BCUT2D eigenvalue weighted by Crippen LogP contribution is -2.01. The first-order chi connectivity index (χ1) is 7.35. The Morgan fingerprint density at radius 2 is 2.00 bits per heavy atom. The molecule has 1 aliphatic rings. The Labute approximate surface area is 92.5 Å². The van der Waals surface area contributed by atoms with E-state index < -0.39 is 0 Å². The van der Waals surface area contributed by atoms with Gasteiger partial charge in [0.2, 0.25) is 0 Å². The van der Waals surface area contributed by atoms with Crippen molar-refractivity contribution in [3.63, 3.8) is 0 Å². The summed E-state index contributed by atoms with van der Waals surface area (Å²) in [5.74, 6) is 0. The number of unbranched alkanes of at least 4 members (excludes halogenated alkanes) is 1. The monoisotopic (exact) mass is 220 g/mol. The van der Waals surface area contributed by atoms with Gasteiger partial charge in [0.15, 0.2) is 0 Å². The van der Waals surface area contributed by atoms with Crippen LogP contribution in [0.1, 0.15) is 26.7 Å². The van der Waals surface area contributed by atoms with Gasteiger partial charge >= 0.3 is 0 Å². The van der Waals surface area contributed by atoms with Crippen molar-refractivity contribution in [2.45, 2.75) is 32.8 Å². The van der Waals surface area contributed by atoms with E-state index in [0.29, 0.717) is 19.3 Å². The molecule has 0 aliphatic carbocycles. The van der Waals surface area contributed by atoms with Crippen molar-refractivity contribution >= 4 is 0 Å². The number of hydrogen-bond donors (Lipinski definition) is 1. The maximum atomic E-state index is 8.07. The van der Waals surface area contributed by atoms with Crippen LogP contribution in [0.4, 0.5) is 0 Å². The van der Waals surface area contributed by atoms with Crippen LogP contribution in [0.5, 0.6) is 0 Å². The van der Waals surface area contributed by atoms with E-state index in [4.69, 9.17) is 19.3 Å². The SMILES string of the molecule is CCCCOCC1CO1.CCOCCO. The first kappa shape index (κ1) is 14.8. The van der Waals surface area contributed by atoms with Crippen molar-refractivity contribution in [2.75, 3.05) is 39.6 Å². The number of aliphatic hydroxyl groups is 1. The number of ether oxygens (including phenoxy) is 3. The van der Waals surface area contributed by atoms with Gasteiger partial charge < -0.3 is 19.3 Å². The Morgan fingerprint density at radius 1 is 1.27 bits per heavy atom. The van der Waals surface area contributed by atoms with Crippen LogP contribution in [0.25, 0.3) is 0 Å². The van der Waals surface area contributed by atoms with Crippen LogP contribution in [-0.2, 0) is 14.2 Å². The van der Waals surface area contributed by atoms with E-state index in [9.17, 15) is 0 Å². The van der Waals surface area contributed by atoms with E-state index in [1.165, 1.54) is 12.8 Å². The Hall–Kier alpha value is -0.160. The highest BCUT2D eigenvalue weighted by atomic mass is 16.6. The second kappa shape index (κ2) is 11.9. The molecule has 92 valence electrons. The summed E-state index contributed by atoms with van der Waals surface area (Å²) in [7, 11) is 0. The van der Waals surface area contributed by atoms with Crippen LogP contribution in [-0.4, -0.2) is 50.9 Å². The quantitative estimate of drug-likeness (QED) is 0.493. The fourth-order valence-corrected chi connectivity index (χ4v) is 0.834. The lowest BCUT2D eigenvalue weighted by Gasteiger charge is -1.97. The average molecular weight is 220 g/mol. The third-order valence-corrected chi connectivity index (χ3v) is 1.79. The molecule has 0 spiro atoms. The zero-order chi connectivity index (χ0) is 11.4. The third kappa shape index (κ3) is 13.8. The van der Waals surface area contributed by atoms with Gasteiger partial charge in [-0.25, -0.2) is 0 Å². The van der Waals surface area contributed by atoms with Gasteiger partial charge in [0.05, 0.1) is 26.4 Å². The second-order valence-electron chi connectivity index (χ2n) is 3.30. The molecule has 0 aromatic heterocycles. The van der Waals surface area contributed by atoms with Crippen LogP contribution < -0.4 is 0 Å². The van der Waals surface area contributed by atoms with Crippen molar-refractivity contribution in [1.82, 2.24) is 0 Å². The molecule has 0 saturated carbocycles. The molecule has 1 N–H and O–H groups in total. The van der Waals surface area contributed by atoms with Gasteiger partial charge in [0.25, 0.3) is 0 Å². The summed E-state index contributed by atoms with van der Waals surface area (Å²) in [5, 5.41) is 8.07. The van der Waals surface area contributed by atoms with Crippen molar-refractivity contribution in [3.8, 4) is 0 Å². The summed E-state index contributed by atoms with van der Waals surface area (Å²) < 4.78 is 15.0. The van der Waals surface area contributed by atoms with Gasteiger partial charge in [0, 0.05) is 13.2 Å². The van der Waals surface area contributed by atoms with E-state index in [1.807, 2.05) is 6.92 Å². The molecule has 1 saturated heterocycles. The molecule has 1 atom stereocenters. The summed E-state index contributed by atoms with van der Waals surface area (Å²) >= 11 is 0. The Bertz CT molecular complexity index is 111. The van der Waals surface area contributed by atoms with Crippen molar-refractivity contribution in [2.24, 2.45) is 0 Å². The summed E-state index contributed by atoms with van der Waals surface area (Å²) in [4.78, 5) is 0. The lowest BCUT2D eigenvalue weighted by molar-refractivity contribution is 0.102. The van der Waals surface area contributed by atoms with E-state index in [0.717, 1.165) is 19.8 Å². The van der Waals surface area contributed by atoms with Gasteiger partial charge in [0.1, 0.15) is 6.10 Å². The Balaban J connectivity index is 0.000000288. The predicted octanol–water partition coefficient (Wildman–Crippen LogP) is 1.22. The Morgan fingerprint density at radius 3 is 2.40 bits per heavy atom. The second-order valence-corrected chi connectivity index (χ2v) is 3.30. The topological polar surface area (TPSA) is 51.2 Å². The standard InChI is InChI=1S/C7H14O2.C4H10O2/c1-2-3-4-8-5-7-6-9-7;1-2-6-4-3-5/h7H,2-6H2,1H3;5H,2-4H2,1H3. The highest BCUT2D eigenvalue weighted by Gasteiger charge is 2.21. The molecule has 15 heavy (non-hydrogen) atoms. The summed E-state index contributed by atoms with van der Waals surface area (Å²) in [6.07, 6.45) is 2.82. The third-order valence-electron chi connectivity index (χ3n) is 1.79. The van der Waals surface area contributed by atoms with Gasteiger partial charge in [-0.15, -0.1) is 0 Å². The zero-order valence-electron chi connectivity index (χ0n) is 9.91. The molecule has 1 heterocycles. The van der Waals surface area contributed by atoms with Gasteiger partial charge in [-0.05, 0) is 13.3 Å². The summed E-state index contributed by atoms with van der Waals surface area (Å²) in [6, 6.07) is 0. The van der Waals surface area contributed by atoms with Crippen LogP contribution in [0.3, 0.4) is 0 Å². The highest BCUT2D eigenvalue weighted by molar-refractivity contribution is 4.66. The van der Waals surface area contributed by atoms with E-state index in [1.54, 1.807) is 0 Å². The number of epoxide rings is 1. The molecule has 0 bridgehead atoms. The molecular formula is C11H24O4. The van der Waals surface area contributed by atoms with E-state index >= 15 is 0 Å². The molecule has 0 radical (unpaired) electrons. The van der Waals surface area contributed by atoms with E-state index in [2.05, 4.69) is 6.92 Å². The average Bonchev–Trinajstić information content (AvgIpc) is 3.06.